The van der Waals surface area contributed by atoms with Crippen molar-refractivity contribution in [3.8, 4) is 5.75 Å². The van der Waals surface area contributed by atoms with Gasteiger partial charge in [0.2, 0.25) is 0 Å². The van der Waals surface area contributed by atoms with Crippen LogP contribution in [-0.4, -0.2) is 53.3 Å². The van der Waals surface area contributed by atoms with E-state index in [0.717, 1.165) is 7.05 Å². The number of ether oxygens (including phenoxy) is 1. The molecular formula is C24H26F4N4O6S. The molecule has 2 aromatic carbocycles. The molecular weight excluding hydrogens is 548 g/mol. The van der Waals surface area contributed by atoms with E-state index in [0.29, 0.717) is 5.39 Å². The van der Waals surface area contributed by atoms with Crippen LogP contribution in [0.25, 0.3) is 11.0 Å². The van der Waals surface area contributed by atoms with Gasteiger partial charge in [-0.2, -0.15) is 21.6 Å². The van der Waals surface area contributed by atoms with Crippen LogP contribution in [0, 0.1) is 5.82 Å². The molecule has 1 amide bonds. The molecule has 0 aliphatic rings. The Bertz CT molecular complexity index is 1520. The maximum atomic E-state index is 15.2. The summed E-state index contributed by atoms with van der Waals surface area (Å²) >= 11 is 0. The first-order valence-electron chi connectivity index (χ1n) is 11.4. The normalized spacial score (nSPS) is 12.0. The van der Waals surface area contributed by atoms with Crippen molar-refractivity contribution >= 4 is 33.0 Å². The summed E-state index contributed by atoms with van der Waals surface area (Å²) in [6, 6.07) is 8.07. The zero-order chi connectivity index (χ0) is 29.0. The van der Waals surface area contributed by atoms with Gasteiger partial charge in [-0.3, -0.25) is 4.72 Å². The topological polar surface area (TPSA) is 130 Å². The number of benzene rings is 2. The Morgan fingerprint density at radius 1 is 1.13 bits per heavy atom. The van der Waals surface area contributed by atoms with Crippen LogP contribution in [-0.2, 0) is 23.2 Å². The maximum absolute atomic E-state index is 15.2. The highest BCUT2D eigenvalue weighted by molar-refractivity contribution is 7.90. The lowest BCUT2D eigenvalue weighted by Crippen LogP contribution is -2.27. The van der Waals surface area contributed by atoms with E-state index in [4.69, 9.17) is 9.15 Å². The van der Waals surface area contributed by atoms with Crippen LogP contribution in [0.4, 0.5) is 28.0 Å². The van der Waals surface area contributed by atoms with E-state index in [1.54, 1.807) is 0 Å². The summed E-state index contributed by atoms with van der Waals surface area (Å²) in [4.78, 5) is 26.1. The molecule has 0 bridgehead atoms. The summed E-state index contributed by atoms with van der Waals surface area (Å²) in [7, 11) is 0.0393. The number of nitrogens with zero attached hydrogens (tertiary/aromatic N) is 1. The van der Waals surface area contributed by atoms with Crippen LogP contribution in [0.5, 0.6) is 5.75 Å². The standard InChI is InChI=1S/C24H26F4N4O6S/c1-29-39(35,36)31-19-6-4-5-14(21(19)25)11-17-18(13-30-10-9-24(26,27)28)16-8-7-15(37-23(34)32(2)3)12-20(16)38-22(17)33/h4-8,12,29-31H,9-11,13H2,1-3H3. The van der Waals surface area contributed by atoms with E-state index in [9.17, 15) is 31.2 Å². The number of nitrogens with one attached hydrogen (secondary N) is 3. The minimum absolute atomic E-state index is 0.00331. The zero-order valence-corrected chi connectivity index (χ0v) is 21.9. The highest BCUT2D eigenvalue weighted by atomic mass is 32.2. The van der Waals surface area contributed by atoms with Crippen molar-refractivity contribution in [2.75, 3.05) is 32.4 Å². The molecule has 0 saturated carbocycles. The van der Waals surface area contributed by atoms with Gasteiger partial charge in [-0.05, 0) is 29.3 Å². The van der Waals surface area contributed by atoms with Gasteiger partial charge in [-0.25, -0.2) is 18.7 Å². The number of alkyl halides is 3. The molecule has 1 heterocycles. The largest absolute Gasteiger partial charge is 0.422 e. The molecule has 0 spiro atoms. The Hall–Kier alpha value is -3.69. The molecule has 0 fully saturated rings. The SMILES string of the molecule is CNS(=O)(=O)Nc1cccc(Cc2c(CNCCC(F)(F)F)c3ccc(OC(=O)N(C)C)cc3oc2=O)c1F. The lowest BCUT2D eigenvalue weighted by Gasteiger charge is -2.16. The van der Waals surface area contributed by atoms with Crippen molar-refractivity contribution in [3.63, 3.8) is 0 Å². The summed E-state index contributed by atoms with van der Waals surface area (Å²) in [5, 5.41) is 2.96. The first-order chi connectivity index (χ1) is 18.2. The Kier molecular flexibility index (Phi) is 9.19. The third-order valence-corrected chi connectivity index (χ3v) is 6.53. The Morgan fingerprint density at radius 2 is 1.85 bits per heavy atom. The predicted octanol–water partition coefficient (Wildman–Crippen LogP) is 3.50. The van der Waals surface area contributed by atoms with Crippen molar-refractivity contribution in [2.45, 2.75) is 25.6 Å². The van der Waals surface area contributed by atoms with Gasteiger partial charge in [0.25, 0.3) is 10.2 Å². The molecule has 1 aromatic heterocycles. The summed E-state index contributed by atoms with van der Waals surface area (Å²) < 4.78 is 91.4. The number of halogens is 4. The van der Waals surface area contributed by atoms with Crippen LogP contribution < -0.4 is 25.1 Å². The quantitative estimate of drug-likeness (QED) is 0.192. The Morgan fingerprint density at radius 3 is 2.49 bits per heavy atom. The van der Waals surface area contributed by atoms with Crippen molar-refractivity contribution < 1.29 is 39.9 Å². The number of carbonyl (C=O) groups is 1. The number of hydrogen-bond acceptors (Lipinski definition) is 7. The lowest BCUT2D eigenvalue weighted by atomic mass is 9.97. The predicted molar refractivity (Wildman–Crippen MR) is 135 cm³/mol. The molecule has 3 rings (SSSR count). The minimum Gasteiger partial charge on any atom is -0.422 e. The third-order valence-electron chi connectivity index (χ3n) is 5.51. The number of hydrogen-bond donors (Lipinski definition) is 3. The van der Waals surface area contributed by atoms with Crippen molar-refractivity contribution in [1.82, 2.24) is 14.9 Å². The molecule has 0 radical (unpaired) electrons. The average Bonchev–Trinajstić information content (AvgIpc) is 2.84. The molecule has 0 atom stereocenters. The first kappa shape index (κ1) is 29.9. The van der Waals surface area contributed by atoms with Gasteiger partial charge < -0.3 is 19.4 Å². The van der Waals surface area contributed by atoms with Gasteiger partial charge in [0, 0.05) is 57.7 Å². The van der Waals surface area contributed by atoms with E-state index in [1.807, 2.05) is 9.44 Å². The van der Waals surface area contributed by atoms with Gasteiger partial charge in [0.1, 0.15) is 11.3 Å². The molecule has 10 nitrogen and oxygen atoms in total. The zero-order valence-electron chi connectivity index (χ0n) is 21.1. The van der Waals surface area contributed by atoms with Crippen LogP contribution >= 0.6 is 0 Å². The maximum Gasteiger partial charge on any atom is 0.414 e. The fraction of sp³-hybridized carbons (Fsp3) is 0.333. The number of amides is 1. The van der Waals surface area contributed by atoms with Gasteiger partial charge in [0.15, 0.2) is 5.82 Å². The highest BCUT2D eigenvalue weighted by Crippen LogP contribution is 2.28. The molecule has 0 saturated heterocycles. The highest BCUT2D eigenvalue weighted by Gasteiger charge is 2.26. The molecule has 0 aliphatic heterocycles. The van der Waals surface area contributed by atoms with Crippen molar-refractivity contribution in [1.29, 1.82) is 0 Å². The Balaban J connectivity index is 2.05. The summed E-state index contributed by atoms with van der Waals surface area (Å²) in [6.45, 7) is -0.642. The van der Waals surface area contributed by atoms with Crippen molar-refractivity contribution in [3.05, 3.63) is 69.3 Å². The monoisotopic (exact) mass is 574 g/mol. The first-order valence-corrected chi connectivity index (χ1v) is 12.9. The van der Waals surface area contributed by atoms with E-state index in [-0.39, 0.29) is 46.7 Å². The second kappa shape index (κ2) is 12.0. The molecule has 3 aromatic rings. The molecule has 212 valence electrons. The van der Waals surface area contributed by atoms with Crippen LogP contribution in [0.15, 0.2) is 45.6 Å². The minimum atomic E-state index is -4.40. The lowest BCUT2D eigenvalue weighted by molar-refractivity contribution is -0.133. The number of anilines is 1. The second-order valence-electron chi connectivity index (χ2n) is 8.57. The fourth-order valence-electron chi connectivity index (χ4n) is 3.54. The van der Waals surface area contributed by atoms with Gasteiger partial charge >= 0.3 is 17.9 Å². The third kappa shape index (κ3) is 7.91. The van der Waals surface area contributed by atoms with E-state index < -0.39 is 46.9 Å². The van der Waals surface area contributed by atoms with Gasteiger partial charge in [0.05, 0.1) is 12.1 Å². The second-order valence-corrected chi connectivity index (χ2v) is 10.2. The van der Waals surface area contributed by atoms with E-state index in [1.165, 1.54) is 55.4 Å². The summed E-state index contributed by atoms with van der Waals surface area (Å²) in [5.41, 5.74) is -1.14. The molecule has 0 aliphatic carbocycles. The number of rotatable bonds is 10. The van der Waals surface area contributed by atoms with Crippen LogP contribution in [0.2, 0.25) is 0 Å². The van der Waals surface area contributed by atoms with Crippen LogP contribution in [0.3, 0.4) is 0 Å². The average molecular weight is 575 g/mol. The Labute approximate surface area is 221 Å². The smallest absolute Gasteiger partial charge is 0.414 e. The number of carbonyl (C=O) groups excluding carboxylic acids is 1. The van der Waals surface area contributed by atoms with Crippen LogP contribution in [0.1, 0.15) is 23.1 Å². The fourth-order valence-corrected chi connectivity index (χ4v) is 4.09. The van der Waals surface area contributed by atoms with Gasteiger partial charge in [-0.15, -0.1) is 0 Å². The van der Waals surface area contributed by atoms with Gasteiger partial charge in [-0.1, -0.05) is 12.1 Å². The summed E-state index contributed by atoms with van der Waals surface area (Å²) in [5.74, 6) is -0.888. The number of fused-ring (bicyclic) bond motifs is 1. The molecule has 15 heteroatoms. The molecule has 0 unspecified atom stereocenters. The van der Waals surface area contributed by atoms with Crippen molar-refractivity contribution in [2.24, 2.45) is 0 Å². The van der Waals surface area contributed by atoms with E-state index in [2.05, 4.69) is 5.32 Å². The summed E-state index contributed by atoms with van der Waals surface area (Å²) in [6.07, 6.45) is -6.56. The molecule has 3 N–H and O–H groups in total. The van der Waals surface area contributed by atoms with E-state index >= 15 is 4.39 Å². The molecule has 39 heavy (non-hydrogen) atoms.